The van der Waals surface area contributed by atoms with Gasteiger partial charge in [-0.1, -0.05) is 109 Å². The molecule has 0 aliphatic rings. The number of hydrogen-bond donors (Lipinski definition) is 0. The van der Waals surface area contributed by atoms with Gasteiger partial charge in [0.2, 0.25) is 5.95 Å². The Morgan fingerprint density at radius 3 is 1.97 bits per heavy atom. The fourth-order valence-electron chi connectivity index (χ4n) is 10.7. The van der Waals surface area contributed by atoms with Crippen LogP contribution in [0.1, 0.15) is 0 Å². The molecule has 6 heterocycles. The maximum absolute atomic E-state index is 5.69. The first-order valence-corrected chi connectivity index (χ1v) is 21.2. The van der Waals surface area contributed by atoms with Gasteiger partial charge in [-0.05, 0) is 72.1 Å². The van der Waals surface area contributed by atoms with Crippen LogP contribution in [0.25, 0.3) is 136 Å². The van der Waals surface area contributed by atoms with E-state index in [1.54, 1.807) is 0 Å². The third-order valence-corrected chi connectivity index (χ3v) is 14.3. The molecule has 0 saturated heterocycles. The minimum absolute atomic E-state index is 0.666. The first kappa shape index (κ1) is 31.2. The highest BCUT2D eigenvalue weighted by Gasteiger charge is 2.27. The van der Waals surface area contributed by atoms with E-state index >= 15 is 0 Å². The molecule has 0 amide bonds. The van der Waals surface area contributed by atoms with Gasteiger partial charge >= 0.3 is 0 Å². The van der Waals surface area contributed by atoms with Gasteiger partial charge in [-0.2, -0.15) is 0 Å². The van der Waals surface area contributed by atoms with E-state index in [9.17, 15) is 0 Å². The second kappa shape index (κ2) is 11.0. The van der Waals surface area contributed by atoms with Crippen molar-refractivity contribution in [2.24, 2.45) is 0 Å². The smallest absolute Gasteiger partial charge is 0.235 e. The van der Waals surface area contributed by atoms with Crippen LogP contribution in [0.15, 0.2) is 176 Å². The van der Waals surface area contributed by atoms with Gasteiger partial charge in [0.25, 0.3) is 0 Å². The summed E-state index contributed by atoms with van der Waals surface area (Å²) in [4.78, 5) is 11.3. The van der Waals surface area contributed by atoms with Crippen molar-refractivity contribution in [3.63, 3.8) is 0 Å². The van der Waals surface area contributed by atoms with E-state index in [-0.39, 0.29) is 0 Å². The van der Waals surface area contributed by atoms with Crippen molar-refractivity contribution in [1.29, 1.82) is 0 Å². The van der Waals surface area contributed by atoms with E-state index in [0.29, 0.717) is 5.95 Å². The first-order valence-electron chi connectivity index (χ1n) is 20.4. The predicted molar refractivity (Wildman–Crippen MR) is 252 cm³/mol. The van der Waals surface area contributed by atoms with E-state index in [1.165, 1.54) is 74.6 Å². The Labute approximate surface area is 344 Å². The van der Waals surface area contributed by atoms with Gasteiger partial charge in [-0.15, -0.1) is 11.3 Å². The van der Waals surface area contributed by atoms with Crippen molar-refractivity contribution in [2.75, 3.05) is 0 Å². The topological polar surface area (TPSA) is 40.0 Å². The average molecular weight is 780 g/mol. The molecule has 0 bridgehead atoms. The zero-order valence-corrected chi connectivity index (χ0v) is 32.7. The number of aromatic nitrogens is 5. The van der Waals surface area contributed by atoms with E-state index in [1.807, 2.05) is 11.3 Å². The van der Waals surface area contributed by atoms with Crippen LogP contribution >= 0.6 is 11.3 Å². The third kappa shape index (κ3) is 3.78. The van der Waals surface area contributed by atoms with Crippen LogP contribution in [0.2, 0.25) is 0 Å². The molecule has 0 N–H and O–H groups in total. The normalized spacial score (nSPS) is 12.7. The highest BCUT2D eigenvalue weighted by molar-refractivity contribution is 7.26. The van der Waals surface area contributed by atoms with Crippen molar-refractivity contribution >= 4 is 124 Å². The molecule has 276 valence electrons. The van der Waals surface area contributed by atoms with E-state index < -0.39 is 0 Å². The number of thiophene rings is 1. The third-order valence-electron chi connectivity index (χ3n) is 13.1. The van der Waals surface area contributed by atoms with E-state index in [4.69, 9.17) is 9.97 Å². The molecule has 0 spiro atoms. The molecule has 0 unspecified atom stereocenters. The van der Waals surface area contributed by atoms with Gasteiger partial charge in [0, 0.05) is 74.5 Å². The lowest BCUT2D eigenvalue weighted by Crippen LogP contribution is -2.04. The van der Waals surface area contributed by atoms with Crippen LogP contribution < -0.4 is 0 Å². The van der Waals surface area contributed by atoms with Crippen molar-refractivity contribution in [3.8, 4) is 22.9 Å². The van der Waals surface area contributed by atoms with Gasteiger partial charge in [-0.25, -0.2) is 9.97 Å². The summed E-state index contributed by atoms with van der Waals surface area (Å²) in [7, 11) is 0. The van der Waals surface area contributed by atoms with Crippen LogP contribution in [0.3, 0.4) is 0 Å². The molecule has 0 radical (unpaired) electrons. The van der Waals surface area contributed by atoms with Gasteiger partial charge in [0.1, 0.15) is 0 Å². The number of benzene rings is 9. The van der Waals surface area contributed by atoms with Gasteiger partial charge in [-0.3, -0.25) is 4.57 Å². The number of nitrogens with zero attached hydrogens (tertiary/aromatic N) is 5. The summed E-state index contributed by atoms with van der Waals surface area (Å²) in [5.74, 6) is 0.666. The largest absolute Gasteiger partial charge is 0.309 e. The van der Waals surface area contributed by atoms with Gasteiger partial charge in [0.15, 0.2) is 0 Å². The molecule has 6 heteroatoms. The quantitative estimate of drug-likeness (QED) is 0.168. The number of rotatable bonds is 3. The van der Waals surface area contributed by atoms with Crippen molar-refractivity contribution in [3.05, 3.63) is 176 Å². The highest BCUT2D eigenvalue weighted by atomic mass is 32.1. The maximum Gasteiger partial charge on any atom is 0.235 e. The van der Waals surface area contributed by atoms with E-state index in [2.05, 4.69) is 189 Å². The summed E-state index contributed by atoms with van der Waals surface area (Å²) in [6, 6.07) is 64.1. The summed E-state index contributed by atoms with van der Waals surface area (Å²) in [5, 5.41) is 13.4. The number of fused-ring (bicyclic) bond motifs is 10. The zero-order chi connectivity index (χ0) is 38.8. The summed E-state index contributed by atoms with van der Waals surface area (Å²) in [6.07, 6.45) is 0. The molecule has 60 heavy (non-hydrogen) atoms. The minimum Gasteiger partial charge on any atom is -0.309 e. The lowest BCUT2D eigenvalue weighted by molar-refractivity contribution is 1.02. The summed E-state index contributed by atoms with van der Waals surface area (Å²) in [6.45, 7) is 0. The second-order valence-electron chi connectivity index (χ2n) is 16.1. The summed E-state index contributed by atoms with van der Waals surface area (Å²) in [5.41, 5.74) is 12.3. The Bertz CT molecular complexity index is 4300. The molecule has 0 aliphatic heterocycles. The first-order chi connectivity index (χ1) is 29.8. The molecule has 5 nitrogen and oxygen atoms in total. The summed E-state index contributed by atoms with van der Waals surface area (Å²) < 4.78 is 9.84. The Morgan fingerprint density at radius 2 is 1.07 bits per heavy atom. The molecule has 0 saturated carbocycles. The molecule has 6 aromatic heterocycles. The van der Waals surface area contributed by atoms with Crippen LogP contribution in [0, 0.1) is 0 Å². The molecule has 0 atom stereocenters. The second-order valence-corrected chi connectivity index (χ2v) is 17.2. The standard InChI is InChI=1S/C54H29N5S/c1-2-12-32(13-3-1)57-39-17-8-6-15-34(39)36-23-22-31(29-44(36)57)51-38-24-21-30-11-4-5-14-33(30)52(38)56-54(55-51)59-42-27-28-46-50-47-41(19-10-20-45(47)60-46)58-40-18-9-7-16-35(40)37-25-26-43(59)49(48(42)50)53(37)58/h1-29H. The number of hydrogen-bond acceptors (Lipinski definition) is 3. The maximum atomic E-state index is 5.69. The molecular weight excluding hydrogens is 751 g/mol. The number of para-hydroxylation sites is 3. The summed E-state index contributed by atoms with van der Waals surface area (Å²) >= 11 is 1.88. The van der Waals surface area contributed by atoms with Crippen molar-refractivity contribution < 1.29 is 0 Å². The fourth-order valence-corrected chi connectivity index (χ4v) is 11.9. The monoisotopic (exact) mass is 779 g/mol. The van der Waals surface area contributed by atoms with Crippen molar-refractivity contribution in [2.45, 2.75) is 0 Å². The molecule has 0 aliphatic carbocycles. The van der Waals surface area contributed by atoms with Crippen LogP contribution in [-0.2, 0) is 0 Å². The molecule has 9 aromatic carbocycles. The lowest BCUT2D eigenvalue weighted by atomic mass is 10.0. The Morgan fingerprint density at radius 1 is 0.383 bits per heavy atom. The Balaban J connectivity index is 1.11. The predicted octanol–water partition coefficient (Wildman–Crippen LogP) is 14.4. The molecule has 15 aromatic rings. The fraction of sp³-hybridized carbons (Fsp3) is 0. The molecular formula is C54H29N5S. The average Bonchev–Trinajstić information content (AvgIpc) is 4.02. The SMILES string of the molecule is c1ccc(-n2c3ccccc3c3ccc(-c4nc(-n5c6ccc7sc8cccc9c8c7c6c6c5ccc5c7ccccc7n9c56)nc5c4ccc4ccccc45)cc32)cc1. The highest BCUT2D eigenvalue weighted by Crippen LogP contribution is 2.50. The Kier molecular flexibility index (Phi) is 5.74. The minimum atomic E-state index is 0.666. The van der Waals surface area contributed by atoms with Crippen LogP contribution in [0.5, 0.6) is 0 Å². The van der Waals surface area contributed by atoms with E-state index in [0.717, 1.165) is 55.2 Å². The molecule has 0 fully saturated rings. The van der Waals surface area contributed by atoms with Crippen molar-refractivity contribution in [1.82, 2.24) is 23.5 Å². The van der Waals surface area contributed by atoms with Crippen LogP contribution in [0.4, 0.5) is 0 Å². The zero-order valence-electron chi connectivity index (χ0n) is 31.9. The Hall–Kier alpha value is -7.80. The molecule has 15 rings (SSSR count). The van der Waals surface area contributed by atoms with Crippen LogP contribution in [-0.4, -0.2) is 23.5 Å². The van der Waals surface area contributed by atoms with Gasteiger partial charge in [0.05, 0.1) is 49.8 Å². The van der Waals surface area contributed by atoms with Gasteiger partial charge < -0.3 is 8.97 Å². The lowest BCUT2D eigenvalue weighted by Gasteiger charge is -2.14.